The fourth-order valence-corrected chi connectivity index (χ4v) is 1.97. The maximum absolute atomic E-state index is 11.9. The molecule has 2 aromatic carbocycles. The van der Waals surface area contributed by atoms with E-state index < -0.39 is 0 Å². The van der Waals surface area contributed by atoms with Crippen LogP contribution >= 0.6 is 0 Å². The average Bonchev–Trinajstić information content (AvgIpc) is 2.50. The number of anilines is 1. The first-order valence-electron chi connectivity index (χ1n) is 6.58. The fraction of sp³-hybridized carbons (Fsp3) is 0.188. The molecule has 0 aliphatic heterocycles. The van der Waals surface area contributed by atoms with E-state index in [-0.39, 0.29) is 12.5 Å². The minimum atomic E-state index is -0.128. The summed E-state index contributed by atoms with van der Waals surface area (Å²) in [5, 5.41) is 0. The Morgan fingerprint density at radius 1 is 1.10 bits per heavy atom. The van der Waals surface area contributed by atoms with Crippen LogP contribution in [0.4, 0.5) is 5.69 Å². The number of benzene rings is 2. The van der Waals surface area contributed by atoms with E-state index in [1.807, 2.05) is 61.5 Å². The Labute approximate surface area is 118 Å². The van der Waals surface area contributed by atoms with Crippen LogP contribution in [0.25, 0.3) is 0 Å². The number of hydrogen-bond acceptors (Lipinski definition) is 3. The van der Waals surface area contributed by atoms with Gasteiger partial charge >= 0.3 is 0 Å². The third-order valence-electron chi connectivity index (χ3n) is 2.92. The van der Waals surface area contributed by atoms with Crippen LogP contribution in [0.5, 0.6) is 11.5 Å². The molecule has 1 amide bonds. The summed E-state index contributed by atoms with van der Waals surface area (Å²) in [6, 6.07) is 16.9. The minimum absolute atomic E-state index is 0.0203. The highest BCUT2D eigenvalue weighted by molar-refractivity contribution is 5.96. The second-order valence-electron chi connectivity index (χ2n) is 4.22. The van der Waals surface area contributed by atoms with Gasteiger partial charge in [-0.1, -0.05) is 30.3 Å². The maximum atomic E-state index is 11.9. The number of nitrogens with zero attached hydrogens (tertiary/aromatic N) is 1. The molecular weight excluding hydrogens is 252 g/mol. The zero-order valence-corrected chi connectivity index (χ0v) is 11.5. The summed E-state index contributed by atoms with van der Waals surface area (Å²) in [5.41, 5.74) is 6.19. The lowest BCUT2D eigenvalue weighted by atomic mass is 10.2. The Balaban J connectivity index is 2.32. The van der Waals surface area contributed by atoms with Crippen molar-refractivity contribution in [2.45, 2.75) is 6.92 Å². The molecule has 4 heteroatoms. The molecule has 0 unspecified atom stereocenters. The Morgan fingerprint density at radius 2 is 1.75 bits per heavy atom. The van der Waals surface area contributed by atoms with E-state index in [1.54, 1.807) is 4.90 Å². The summed E-state index contributed by atoms with van der Waals surface area (Å²) < 4.78 is 5.85. The van der Waals surface area contributed by atoms with Gasteiger partial charge in [-0.15, -0.1) is 0 Å². The van der Waals surface area contributed by atoms with Crippen molar-refractivity contribution in [3.8, 4) is 11.5 Å². The number of nitrogens with two attached hydrogens (primary N) is 1. The Bertz CT molecular complexity index is 570. The standard InChI is InChI=1S/C16H18N2O2/c1-2-18(16(19)12-17)14-10-6-7-11-15(14)20-13-8-4-3-5-9-13/h3-11H,2,12,17H2,1H3. The number of amides is 1. The SMILES string of the molecule is CCN(C(=O)CN)c1ccccc1Oc1ccccc1. The van der Waals surface area contributed by atoms with E-state index in [2.05, 4.69) is 0 Å². The molecule has 0 heterocycles. The molecule has 4 nitrogen and oxygen atoms in total. The third kappa shape index (κ3) is 3.16. The molecule has 2 N–H and O–H groups in total. The van der Waals surface area contributed by atoms with Gasteiger partial charge in [0.1, 0.15) is 5.75 Å². The van der Waals surface area contributed by atoms with Crippen molar-refractivity contribution in [3.05, 3.63) is 54.6 Å². The molecule has 0 fully saturated rings. The molecule has 0 atom stereocenters. The summed E-state index contributed by atoms with van der Waals surface area (Å²) in [4.78, 5) is 13.5. The van der Waals surface area contributed by atoms with Gasteiger partial charge in [-0.2, -0.15) is 0 Å². The van der Waals surface area contributed by atoms with E-state index in [0.717, 1.165) is 11.4 Å². The van der Waals surface area contributed by atoms with Crippen molar-refractivity contribution in [1.82, 2.24) is 0 Å². The minimum Gasteiger partial charge on any atom is -0.455 e. The zero-order chi connectivity index (χ0) is 14.4. The normalized spacial score (nSPS) is 10.1. The molecule has 0 saturated carbocycles. The number of carbonyl (C=O) groups excluding carboxylic acids is 1. The van der Waals surface area contributed by atoms with Crippen LogP contribution in [0.1, 0.15) is 6.92 Å². The van der Waals surface area contributed by atoms with Crippen molar-refractivity contribution in [2.24, 2.45) is 5.73 Å². The predicted molar refractivity (Wildman–Crippen MR) is 80.0 cm³/mol. The Hall–Kier alpha value is -2.33. The number of carbonyl (C=O) groups is 1. The topological polar surface area (TPSA) is 55.6 Å². The Kier molecular flexibility index (Phi) is 4.74. The maximum Gasteiger partial charge on any atom is 0.240 e. The van der Waals surface area contributed by atoms with Gasteiger partial charge in [-0.05, 0) is 31.2 Å². The van der Waals surface area contributed by atoms with Gasteiger partial charge in [0.25, 0.3) is 0 Å². The van der Waals surface area contributed by atoms with Crippen molar-refractivity contribution < 1.29 is 9.53 Å². The number of hydrogen-bond donors (Lipinski definition) is 1. The number of rotatable bonds is 5. The van der Waals surface area contributed by atoms with E-state index in [9.17, 15) is 4.79 Å². The van der Waals surface area contributed by atoms with Crippen LogP contribution < -0.4 is 15.4 Å². The van der Waals surface area contributed by atoms with E-state index in [1.165, 1.54) is 0 Å². The zero-order valence-electron chi connectivity index (χ0n) is 11.5. The quantitative estimate of drug-likeness (QED) is 0.909. The molecule has 0 saturated heterocycles. The van der Waals surface area contributed by atoms with Crippen molar-refractivity contribution in [3.63, 3.8) is 0 Å². The third-order valence-corrected chi connectivity index (χ3v) is 2.92. The van der Waals surface area contributed by atoms with E-state index in [0.29, 0.717) is 12.3 Å². The first-order valence-corrected chi connectivity index (χ1v) is 6.58. The number of para-hydroxylation sites is 3. The fourth-order valence-electron chi connectivity index (χ4n) is 1.97. The monoisotopic (exact) mass is 270 g/mol. The van der Waals surface area contributed by atoms with Crippen LogP contribution in [0.3, 0.4) is 0 Å². The largest absolute Gasteiger partial charge is 0.455 e. The molecule has 104 valence electrons. The lowest BCUT2D eigenvalue weighted by Gasteiger charge is -2.23. The molecular formula is C16H18N2O2. The molecule has 0 aromatic heterocycles. The second kappa shape index (κ2) is 6.73. The first kappa shape index (κ1) is 14.1. The van der Waals surface area contributed by atoms with Crippen LogP contribution in [0.15, 0.2) is 54.6 Å². The van der Waals surface area contributed by atoms with Gasteiger partial charge in [-0.25, -0.2) is 0 Å². The van der Waals surface area contributed by atoms with Crippen molar-refractivity contribution in [1.29, 1.82) is 0 Å². The molecule has 0 bridgehead atoms. The highest BCUT2D eigenvalue weighted by atomic mass is 16.5. The highest BCUT2D eigenvalue weighted by Crippen LogP contribution is 2.32. The van der Waals surface area contributed by atoms with Gasteiger partial charge in [-0.3, -0.25) is 4.79 Å². The summed E-state index contributed by atoms with van der Waals surface area (Å²) in [6.07, 6.45) is 0. The van der Waals surface area contributed by atoms with E-state index >= 15 is 0 Å². The average molecular weight is 270 g/mol. The lowest BCUT2D eigenvalue weighted by molar-refractivity contribution is -0.117. The molecule has 0 aliphatic rings. The van der Waals surface area contributed by atoms with Crippen LogP contribution in [-0.2, 0) is 4.79 Å². The van der Waals surface area contributed by atoms with Gasteiger partial charge in [0.2, 0.25) is 5.91 Å². The lowest BCUT2D eigenvalue weighted by Crippen LogP contribution is -2.36. The van der Waals surface area contributed by atoms with Crippen LogP contribution in [0, 0.1) is 0 Å². The molecule has 2 rings (SSSR count). The molecule has 20 heavy (non-hydrogen) atoms. The summed E-state index contributed by atoms with van der Waals surface area (Å²) >= 11 is 0. The van der Waals surface area contributed by atoms with E-state index in [4.69, 9.17) is 10.5 Å². The number of ether oxygens (including phenoxy) is 1. The molecule has 0 aliphatic carbocycles. The second-order valence-corrected chi connectivity index (χ2v) is 4.22. The number of likely N-dealkylation sites (N-methyl/N-ethyl adjacent to an activating group) is 1. The molecule has 2 aromatic rings. The van der Waals surface area contributed by atoms with Crippen molar-refractivity contribution in [2.75, 3.05) is 18.0 Å². The van der Waals surface area contributed by atoms with Gasteiger partial charge in [0.15, 0.2) is 5.75 Å². The molecule has 0 radical (unpaired) electrons. The summed E-state index contributed by atoms with van der Waals surface area (Å²) in [5.74, 6) is 1.25. The summed E-state index contributed by atoms with van der Waals surface area (Å²) in [6.45, 7) is 2.44. The highest BCUT2D eigenvalue weighted by Gasteiger charge is 2.16. The van der Waals surface area contributed by atoms with Crippen LogP contribution in [0.2, 0.25) is 0 Å². The van der Waals surface area contributed by atoms with Gasteiger partial charge in [0, 0.05) is 6.54 Å². The van der Waals surface area contributed by atoms with Crippen LogP contribution in [-0.4, -0.2) is 19.0 Å². The molecule has 0 spiro atoms. The predicted octanol–water partition coefficient (Wildman–Crippen LogP) is 2.79. The van der Waals surface area contributed by atoms with Gasteiger partial charge in [0.05, 0.1) is 12.2 Å². The van der Waals surface area contributed by atoms with Gasteiger partial charge < -0.3 is 15.4 Å². The summed E-state index contributed by atoms with van der Waals surface area (Å²) in [7, 11) is 0. The van der Waals surface area contributed by atoms with Crippen molar-refractivity contribution >= 4 is 11.6 Å². The Morgan fingerprint density at radius 3 is 2.40 bits per heavy atom. The first-order chi connectivity index (χ1) is 9.76. The smallest absolute Gasteiger partial charge is 0.240 e.